The first-order valence-corrected chi connectivity index (χ1v) is 5.33. The molecule has 2 aromatic heterocycles. The second-order valence-corrected chi connectivity index (χ2v) is 3.77. The van der Waals surface area contributed by atoms with E-state index in [1.807, 2.05) is 17.7 Å². The summed E-state index contributed by atoms with van der Waals surface area (Å²) >= 11 is 0. The van der Waals surface area contributed by atoms with Gasteiger partial charge in [-0.2, -0.15) is 0 Å². The maximum absolute atomic E-state index is 5.63. The van der Waals surface area contributed by atoms with Crippen LogP contribution in [0.2, 0.25) is 0 Å². The van der Waals surface area contributed by atoms with E-state index in [4.69, 9.17) is 5.73 Å². The van der Waals surface area contributed by atoms with Crippen LogP contribution in [0.1, 0.15) is 18.9 Å². The van der Waals surface area contributed by atoms with Crippen LogP contribution in [0.15, 0.2) is 18.5 Å². The van der Waals surface area contributed by atoms with Crippen LogP contribution >= 0.6 is 0 Å². The maximum atomic E-state index is 5.63. The van der Waals surface area contributed by atoms with Crippen molar-refractivity contribution in [3.05, 3.63) is 24.0 Å². The highest BCUT2D eigenvalue weighted by Crippen LogP contribution is 2.22. The van der Waals surface area contributed by atoms with Gasteiger partial charge in [0.1, 0.15) is 5.82 Å². The molecule has 0 aliphatic heterocycles. The van der Waals surface area contributed by atoms with Gasteiger partial charge in [-0.1, -0.05) is 12.1 Å². The number of anilines is 1. The van der Waals surface area contributed by atoms with Crippen molar-refractivity contribution in [2.75, 3.05) is 5.73 Å². The first-order valence-electron chi connectivity index (χ1n) is 5.33. The molecule has 84 valence electrons. The van der Waals surface area contributed by atoms with E-state index in [0.29, 0.717) is 5.82 Å². The summed E-state index contributed by atoms with van der Waals surface area (Å²) in [7, 11) is 0. The van der Waals surface area contributed by atoms with E-state index in [-0.39, 0.29) is 0 Å². The second-order valence-electron chi connectivity index (χ2n) is 3.77. The van der Waals surface area contributed by atoms with Gasteiger partial charge < -0.3 is 5.73 Å². The molecule has 0 saturated heterocycles. The Balaban J connectivity index is 2.46. The Hall–Kier alpha value is -1.91. The molecule has 16 heavy (non-hydrogen) atoms. The summed E-state index contributed by atoms with van der Waals surface area (Å²) in [5, 5.41) is 7.99. The highest BCUT2D eigenvalue weighted by Gasteiger charge is 2.09. The molecule has 2 N–H and O–H groups in total. The van der Waals surface area contributed by atoms with Crippen LogP contribution < -0.4 is 5.73 Å². The number of nitrogens with zero attached hydrogens (tertiary/aromatic N) is 4. The first-order chi connectivity index (χ1) is 7.72. The van der Waals surface area contributed by atoms with Gasteiger partial charge in [0.2, 0.25) is 0 Å². The fraction of sp³-hybridized carbons (Fsp3) is 0.364. The molecule has 0 aliphatic rings. The number of hydrogen-bond donors (Lipinski definition) is 1. The second kappa shape index (κ2) is 4.30. The number of rotatable bonds is 3. The van der Waals surface area contributed by atoms with Crippen molar-refractivity contribution in [3.8, 4) is 11.3 Å². The van der Waals surface area contributed by atoms with Gasteiger partial charge in [0.05, 0.1) is 11.9 Å². The van der Waals surface area contributed by atoms with E-state index in [0.717, 1.165) is 29.8 Å². The van der Waals surface area contributed by atoms with Crippen molar-refractivity contribution in [1.29, 1.82) is 0 Å². The monoisotopic (exact) mass is 217 g/mol. The van der Waals surface area contributed by atoms with Gasteiger partial charge in [-0.05, 0) is 25.0 Å². The maximum Gasteiger partial charge on any atom is 0.123 e. The number of nitrogen functional groups attached to an aromatic ring is 1. The Morgan fingerprint density at radius 3 is 2.88 bits per heavy atom. The molecule has 2 aromatic rings. The fourth-order valence-electron chi connectivity index (χ4n) is 1.69. The normalized spacial score (nSPS) is 10.6. The quantitative estimate of drug-likeness (QED) is 0.848. The number of nitrogens with two attached hydrogens (primary N) is 1. The molecule has 0 spiro atoms. The Morgan fingerprint density at radius 2 is 2.19 bits per heavy atom. The lowest BCUT2D eigenvalue weighted by molar-refractivity contribution is 0.584. The molecule has 0 radical (unpaired) electrons. The predicted molar refractivity (Wildman–Crippen MR) is 62.7 cm³/mol. The molecular weight excluding hydrogens is 202 g/mol. The average Bonchev–Trinajstić information content (AvgIpc) is 2.67. The number of hydrogen-bond acceptors (Lipinski definition) is 4. The van der Waals surface area contributed by atoms with E-state index in [1.165, 1.54) is 0 Å². The zero-order chi connectivity index (χ0) is 11.5. The first kappa shape index (κ1) is 10.6. The molecule has 0 atom stereocenters. The van der Waals surface area contributed by atoms with Crippen molar-refractivity contribution < 1.29 is 0 Å². The van der Waals surface area contributed by atoms with Gasteiger partial charge in [-0.25, -0.2) is 9.67 Å². The van der Waals surface area contributed by atoms with E-state index in [2.05, 4.69) is 22.2 Å². The third kappa shape index (κ3) is 1.88. The SMILES string of the molecule is CCCn1nncc1-c1cnc(N)cc1C. The number of aromatic nitrogens is 4. The van der Waals surface area contributed by atoms with Crippen LogP contribution in [0.3, 0.4) is 0 Å². The summed E-state index contributed by atoms with van der Waals surface area (Å²) in [4.78, 5) is 4.11. The van der Waals surface area contributed by atoms with Crippen molar-refractivity contribution >= 4 is 5.82 Å². The largest absolute Gasteiger partial charge is 0.384 e. The minimum absolute atomic E-state index is 0.538. The van der Waals surface area contributed by atoms with Crippen LogP contribution in [0.5, 0.6) is 0 Å². The van der Waals surface area contributed by atoms with Crippen LogP contribution in [0, 0.1) is 6.92 Å². The van der Waals surface area contributed by atoms with E-state index < -0.39 is 0 Å². The Bertz CT molecular complexity index is 489. The minimum atomic E-state index is 0.538. The zero-order valence-corrected chi connectivity index (χ0v) is 9.51. The van der Waals surface area contributed by atoms with Crippen molar-refractivity contribution in [3.63, 3.8) is 0 Å². The van der Waals surface area contributed by atoms with Gasteiger partial charge in [-0.15, -0.1) is 5.10 Å². The lowest BCUT2D eigenvalue weighted by Gasteiger charge is -2.07. The summed E-state index contributed by atoms with van der Waals surface area (Å²) < 4.78 is 1.89. The molecule has 0 saturated carbocycles. The Kier molecular flexibility index (Phi) is 2.85. The summed E-state index contributed by atoms with van der Waals surface area (Å²) in [5.41, 5.74) is 8.75. The average molecular weight is 217 g/mol. The Labute approximate surface area is 94.3 Å². The standard InChI is InChI=1S/C11H15N5/c1-3-4-16-10(7-14-15-16)9-6-13-11(12)5-8(9)2/h5-7H,3-4H2,1-2H3,(H2,12,13). The van der Waals surface area contributed by atoms with Crippen molar-refractivity contribution in [1.82, 2.24) is 20.0 Å². The molecule has 0 bridgehead atoms. The summed E-state index contributed by atoms with van der Waals surface area (Å²) in [5.74, 6) is 0.538. The third-order valence-electron chi connectivity index (χ3n) is 2.46. The van der Waals surface area contributed by atoms with Crippen molar-refractivity contribution in [2.45, 2.75) is 26.8 Å². The van der Waals surface area contributed by atoms with Crippen LogP contribution in [-0.2, 0) is 6.54 Å². The minimum Gasteiger partial charge on any atom is -0.384 e. The number of pyridine rings is 1. The summed E-state index contributed by atoms with van der Waals surface area (Å²) in [6.07, 6.45) is 4.56. The third-order valence-corrected chi connectivity index (χ3v) is 2.46. The molecular formula is C11H15N5. The van der Waals surface area contributed by atoms with Gasteiger partial charge in [-0.3, -0.25) is 0 Å². The molecule has 2 rings (SSSR count). The molecule has 2 heterocycles. The molecule has 0 unspecified atom stereocenters. The fourth-order valence-corrected chi connectivity index (χ4v) is 1.69. The lowest BCUT2D eigenvalue weighted by atomic mass is 10.1. The van der Waals surface area contributed by atoms with Gasteiger partial charge in [0.25, 0.3) is 0 Å². The van der Waals surface area contributed by atoms with Crippen molar-refractivity contribution in [2.24, 2.45) is 0 Å². The van der Waals surface area contributed by atoms with Crippen LogP contribution in [0.25, 0.3) is 11.3 Å². The zero-order valence-electron chi connectivity index (χ0n) is 9.51. The highest BCUT2D eigenvalue weighted by atomic mass is 15.4. The molecule has 0 amide bonds. The van der Waals surface area contributed by atoms with Gasteiger partial charge in [0.15, 0.2) is 0 Å². The summed E-state index contributed by atoms with van der Waals surface area (Å²) in [6, 6.07) is 1.86. The molecule has 0 fully saturated rings. The van der Waals surface area contributed by atoms with Gasteiger partial charge in [0, 0.05) is 18.3 Å². The van der Waals surface area contributed by atoms with Gasteiger partial charge >= 0.3 is 0 Å². The van der Waals surface area contributed by atoms with Crippen LogP contribution in [-0.4, -0.2) is 20.0 Å². The van der Waals surface area contributed by atoms with E-state index in [9.17, 15) is 0 Å². The highest BCUT2D eigenvalue weighted by molar-refractivity contribution is 5.63. The smallest absolute Gasteiger partial charge is 0.123 e. The predicted octanol–water partition coefficient (Wildman–Crippen LogP) is 1.64. The van der Waals surface area contributed by atoms with E-state index in [1.54, 1.807) is 12.4 Å². The molecule has 5 nitrogen and oxygen atoms in total. The topological polar surface area (TPSA) is 69.6 Å². The number of aryl methyl sites for hydroxylation is 2. The van der Waals surface area contributed by atoms with Crippen LogP contribution in [0.4, 0.5) is 5.82 Å². The van der Waals surface area contributed by atoms with E-state index >= 15 is 0 Å². The lowest BCUT2D eigenvalue weighted by Crippen LogP contribution is -2.03. The Morgan fingerprint density at radius 1 is 1.38 bits per heavy atom. The molecule has 5 heteroatoms. The summed E-state index contributed by atoms with van der Waals surface area (Å²) in [6.45, 7) is 4.98. The molecule has 0 aliphatic carbocycles. The molecule has 0 aromatic carbocycles.